The first kappa shape index (κ1) is 12.2. The van der Waals surface area contributed by atoms with Crippen LogP contribution in [0.1, 0.15) is 10.4 Å². The molecule has 0 saturated heterocycles. The van der Waals surface area contributed by atoms with Crippen LogP contribution in [0.3, 0.4) is 0 Å². The third-order valence-corrected chi connectivity index (χ3v) is 2.30. The molecule has 1 amide bonds. The van der Waals surface area contributed by atoms with E-state index < -0.39 is 28.9 Å². The Morgan fingerprint density at radius 1 is 0.944 bits per heavy atom. The molecule has 0 unspecified atom stereocenters. The predicted molar refractivity (Wildman–Crippen MR) is 60.7 cm³/mol. The van der Waals surface area contributed by atoms with Gasteiger partial charge in [-0.3, -0.25) is 4.79 Å². The van der Waals surface area contributed by atoms with Crippen molar-refractivity contribution in [3.8, 4) is 0 Å². The molecule has 5 heteroatoms. The summed E-state index contributed by atoms with van der Waals surface area (Å²) in [6.45, 7) is 0. The molecule has 18 heavy (non-hydrogen) atoms. The number of benzene rings is 2. The van der Waals surface area contributed by atoms with Crippen molar-refractivity contribution in [2.24, 2.45) is 0 Å². The van der Waals surface area contributed by atoms with Gasteiger partial charge in [-0.25, -0.2) is 13.2 Å². The van der Waals surface area contributed by atoms with Gasteiger partial charge >= 0.3 is 0 Å². The molecule has 0 aromatic heterocycles. The van der Waals surface area contributed by atoms with Crippen LogP contribution in [0, 0.1) is 17.5 Å². The Kier molecular flexibility index (Phi) is 3.32. The van der Waals surface area contributed by atoms with E-state index in [4.69, 9.17) is 0 Å². The molecule has 0 bridgehead atoms. The van der Waals surface area contributed by atoms with Gasteiger partial charge in [0.15, 0.2) is 11.6 Å². The van der Waals surface area contributed by atoms with E-state index in [-0.39, 0.29) is 0 Å². The van der Waals surface area contributed by atoms with Crippen LogP contribution in [0.2, 0.25) is 0 Å². The van der Waals surface area contributed by atoms with Crippen LogP contribution in [0.5, 0.6) is 0 Å². The molecule has 0 saturated carbocycles. The number of amides is 1. The number of hydrogen-bond acceptors (Lipinski definition) is 1. The van der Waals surface area contributed by atoms with Crippen LogP contribution in [-0.4, -0.2) is 5.91 Å². The van der Waals surface area contributed by atoms with E-state index in [0.29, 0.717) is 5.69 Å². The summed E-state index contributed by atoms with van der Waals surface area (Å²) in [5.41, 5.74) is -0.107. The smallest absolute Gasteiger partial charge is 0.258 e. The molecule has 2 rings (SSSR count). The first-order valence-corrected chi connectivity index (χ1v) is 5.09. The van der Waals surface area contributed by atoms with Gasteiger partial charge in [0.1, 0.15) is 5.82 Å². The number of hydrogen-bond donors (Lipinski definition) is 1. The van der Waals surface area contributed by atoms with Gasteiger partial charge in [-0.05, 0) is 36.4 Å². The molecule has 0 heterocycles. The van der Waals surface area contributed by atoms with Gasteiger partial charge in [-0.15, -0.1) is 0 Å². The van der Waals surface area contributed by atoms with Gasteiger partial charge in [0.05, 0.1) is 5.56 Å². The molecule has 0 fully saturated rings. The Hall–Kier alpha value is -2.30. The van der Waals surface area contributed by atoms with Gasteiger partial charge in [0.25, 0.3) is 5.91 Å². The van der Waals surface area contributed by atoms with E-state index in [1.54, 1.807) is 0 Å². The maximum atomic E-state index is 13.3. The highest BCUT2D eigenvalue weighted by molar-refractivity contribution is 6.04. The van der Waals surface area contributed by atoms with Crippen molar-refractivity contribution in [2.75, 3.05) is 5.32 Å². The van der Waals surface area contributed by atoms with Crippen LogP contribution in [-0.2, 0) is 0 Å². The van der Waals surface area contributed by atoms with Gasteiger partial charge in [-0.1, -0.05) is 6.07 Å². The summed E-state index contributed by atoms with van der Waals surface area (Å²) in [6, 6.07) is 8.27. The summed E-state index contributed by atoms with van der Waals surface area (Å²) < 4.78 is 38.9. The van der Waals surface area contributed by atoms with E-state index in [0.717, 1.165) is 24.3 Å². The van der Waals surface area contributed by atoms with Crippen LogP contribution < -0.4 is 5.32 Å². The second-order valence-electron chi connectivity index (χ2n) is 3.56. The van der Waals surface area contributed by atoms with Crippen molar-refractivity contribution in [2.45, 2.75) is 0 Å². The maximum Gasteiger partial charge on any atom is 0.258 e. The predicted octanol–water partition coefficient (Wildman–Crippen LogP) is 3.36. The average molecular weight is 251 g/mol. The lowest BCUT2D eigenvalue weighted by molar-refractivity contribution is 0.102. The average Bonchev–Trinajstić information content (AvgIpc) is 2.35. The fourth-order valence-electron chi connectivity index (χ4n) is 1.41. The molecule has 0 atom stereocenters. The summed E-state index contributed by atoms with van der Waals surface area (Å²) in [5.74, 6) is -3.55. The van der Waals surface area contributed by atoms with Gasteiger partial charge < -0.3 is 5.32 Å². The number of anilines is 1. The molecule has 0 aliphatic carbocycles. The van der Waals surface area contributed by atoms with Crippen molar-refractivity contribution in [3.63, 3.8) is 0 Å². The largest absolute Gasteiger partial charge is 0.322 e. The van der Waals surface area contributed by atoms with Gasteiger partial charge in [0.2, 0.25) is 0 Å². The highest BCUT2D eigenvalue weighted by atomic mass is 19.2. The van der Waals surface area contributed by atoms with Gasteiger partial charge in [0, 0.05) is 5.69 Å². The normalized spacial score (nSPS) is 10.2. The molecule has 92 valence electrons. The summed E-state index contributed by atoms with van der Waals surface area (Å²) >= 11 is 0. The Morgan fingerprint density at radius 3 is 2.28 bits per heavy atom. The third kappa shape index (κ3) is 2.51. The van der Waals surface area contributed by atoms with Crippen LogP contribution in [0.4, 0.5) is 18.9 Å². The SMILES string of the molecule is O=C(Nc1ccc(F)cc1)c1cccc(F)c1F. The van der Waals surface area contributed by atoms with Crippen LogP contribution in [0.25, 0.3) is 0 Å². The highest BCUT2D eigenvalue weighted by Gasteiger charge is 2.14. The summed E-state index contributed by atoms with van der Waals surface area (Å²) in [4.78, 5) is 11.7. The van der Waals surface area contributed by atoms with Crippen molar-refractivity contribution < 1.29 is 18.0 Å². The van der Waals surface area contributed by atoms with Gasteiger partial charge in [-0.2, -0.15) is 0 Å². The molecule has 0 aliphatic heterocycles. The maximum absolute atomic E-state index is 13.3. The minimum atomic E-state index is -1.21. The van der Waals surface area contributed by atoms with E-state index in [1.807, 2.05) is 0 Å². The van der Waals surface area contributed by atoms with E-state index in [9.17, 15) is 18.0 Å². The Bertz CT molecular complexity index is 581. The summed E-state index contributed by atoms with van der Waals surface area (Å²) in [7, 11) is 0. The number of carbonyl (C=O) groups excluding carboxylic acids is 1. The lowest BCUT2D eigenvalue weighted by Crippen LogP contribution is -2.14. The number of nitrogens with one attached hydrogen (secondary N) is 1. The van der Waals surface area contributed by atoms with Crippen LogP contribution in [0.15, 0.2) is 42.5 Å². The van der Waals surface area contributed by atoms with Crippen molar-refractivity contribution in [1.82, 2.24) is 0 Å². The summed E-state index contributed by atoms with van der Waals surface area (Å²) in [6.07, 6.45) is 0. The number of carbonyl (C=O) groups is 1. The lowest BCUT2D eigenvalue weighted by Gasteiger charge is -2.06. The first-order chi connectivity index (χ1) is 8.58. The minimum absolute atomic E-state index is 0.296. The number of rotatable bonds is 2. The summed E-state index contributed by atoms with van der Waals surface area (Å²) in [5, 5.41) is 2.34. The third-order valence-electron chi connectivity index (χ3n) is 2.30. The topological polar surface area (TPSA) is 29.1 Å². The zero-order chi connectivity index (χ0) is 13.1. The standard InChI is InChI=1S/C13H8F3NO/c14-8-4-6-9(7-5-8)17-13(18)10-2-1-3-11(15)12(10)16/h1-7H,(H,17,18). The molecule has 1 N–H and O–H groups in total. The zero-order valence-corrected chi connectivity index (χ0v) is 9.08. The van der Waals surface area contributed by atoms with Crippen LogP contribution >= 0.6 is 0 Å². The van der Waals surface area contributed by atoms with E-state index in [2.05, 4.69) is 5.32 Å². The van der Waals surface area contributed by atoms with E-state index >= 15 is 0 Å². The monoisotopic (exact) mass is 251 g/mol. The second kappa shape index (κ2) is 4.91. The molecular formula is C13H8F3NO. The molecule has 0 spiro atoms. The lowest BCUT2D eigenvalue weighted by atomic mass is 10.2. The molecule has 0 radical (unpaired) electrons. The van der Waals surface area contributed by atoms with E-state index in [1.165, 1.54) is 18.2 Å². The molecule has 2 aromatic carbocycles. The zero-order valence-electron chi connectivity index (χ0n) is 9.08. The minimum Gasteiger partial charge on any atom is -0.322 e. The quantitative estimate of drug-likeness (QED) is 0.871. The Labute approximate surface area is 101 Å². The molecule has 2 nitrogen and oxygen atoms in total. The Morgan fingerprint density at radius 2 is 1.61 bits per heavy atom. The molecular weight excluding hydrogens is 243 g/mol. The number of halogens is 3. The van der Waals surface area contributed by atoms with Crippen molar-refractivity contribution in [3.05, 3.63) is 65.5 Å². The first-order valence-electron chi connectivity index (χ1n) is 5.09. The fourth-order valence-corrected chi connectivity index (χ4v) is 1.41. The fraction of sp³-hybridized carbons (Fsp3) is 0. The molecule has 2 aromatic rings. The van der Waals surface area contributed by atoms with Crippen molar-refractivity contribution in [1.29, 1.82) is 0 Å². The second-order valence-corrected chi connectivity index (χ2v) is 3.56. The van der Waals surface area contributed by atoms with Crippen molar-refractivity contribution >= 4 is 11.6 Å². The Balaban J connectivity index is 2.22. The highest BCUT2D eigenvalue weighted by Crippen LogP contribution is 2.14. The molecule has 0 aliphatic rings.